The summed E-state index contributed by atoms with van der Waals surface area (Å²) in [5.74, 6) is 0.305. The number of benzene rings is 3. The fourth-order valence-corrected chi connectivity index (χ4v) is 3.96. The van der Waals surface area contributed by atoms with Crippen LogP contribution in [0.15, 0.2) is 66.7 Å². The molecule has 108 valence electrons. The van der Waals surface area contributed by atoms with E-state index in [1.165, 1.54) is 37.9 Å². The first-order valence-electron chi connectivity index (χ1n) is 8.03. The van der Waals surface area contributed by atoms with Crippen LogP contribution in [0.3, 0.4) is 0 Å². The van der Waals surface area contributed by atoms with Gasteiger partial charge in [0.05, 0.1) is 0 Å². The van der Waals surface area contributed by atoms with Gasteiger partial charge >= 0.3 is 0 Å². The van der Waals surface area contributed by atoms with Gasteiger partial charge in [0.2, 0.25) is 0 Å². The normalized spacial score (nSPS) is 16.6. The molecule has 0 heteroatoms. The molecule has 0 bridgehead atoms. The van der Waals surface area contributed by atoms with Crippen molar-refractivity contribution < 1.29 is 0 Å². The minimum absolute atomic E-state index is 0.305. The van der Waals surface area contributed by atoms with Crippen LogP contribution in [0.1, 0.15) is 28.2 Å². The second-order valence-electron chi connectivity index (χ2n) is 6.30. The highest BCUT2D eigenvalue weighted by molar-refractivity contribution is 5.69. The summed E-state index contributed by atoms with van der Waals surface area (Å²) >= 11 is 0. The molecule has 2 aliphatic rings. The third kappa shape index (κ3) is 1.72. The maximum absolute atomic E-state index is 4.32. The van der Waals surface area contributed by atoms with E-state index in [2.05, 4.69) is 85.5 Å². The Hall–Kier alpha value is -2.86. The predicted molar refractivity (Wildman–Crippen MR) is 96.2 cm³/mol. The minimum atomic E-state index is 0.305. The maximum atomic E-state index is 4.32. The molecule has 0 fully saturated rings. The topological polar surface area (TPSA) is 0 Å². The monoisotopic (exact) mass is 292 g/mol. The minimum Gasteiger partial charge on any atom is -0.0914 e. The molecule has 0 spiro atoms. The Bertz CT molecular complexity index is 1180. The molecule has 0 N–H and O–H groups in total. The van der Waals surface area contributed by atoms with Crippen LogP contribution in [0.25, 0.3) is 18.7 Å². The molecule has 0 nitrogen and oxygen atoms in total. The first kappa shape index (κ1) is 12.7. The summed E-state index contributed by atoms with van der Waals surface area (Å²) in [5, 5.41) is 5.10. The van der Waals surface area contributed by atoms with Gasteiger partial charge in [0.15, 0.2) is 0 Å². The lowest BCUT2D eigenvalue weighted by Gasteiger charge is -2.15. The first-order chi connectivity index (χ1) is 11.3. The molecular formula is C23H16. The molecule has 2 aliphatic carbocycles. The van der Waals surface area contributed by atoms with Crippen molar-refractivity contribution in [2.45, 2.75) is 5.92 Å². The zero-order valence-corrected chi connectivity index (χ0v) is 12.8. The molecule has 0 heterocycles. The highest BCUT2D eigenvalue weighted by atomic mass is 14.3. The van der Waals surface area contributed by atoms with Crippen molar-refractivity contribution in [3.8, 4) is 0 Å². The molecular weight excluding hydrogens is 276 g/mol. The molecule has 0 aromatic heterocycles. The lowest BCUT2D eigenvalue weighted by molar-refractivity contribution is 1.03. The fraction of sp³-hybridized carbons (Fsp3) is 0.0435. The van der Waals surface area contributed by atoms with Crippen molar-refractivity contribution in [1.29, 1.82) is 0 Å². The summed E-state index contributed by atoms with van der Waals surface area (Å²) < 4.78 is 0. The third-order valence-electron chi connectivity index (χ3n) is 5.04. The summed E-state index contributed by atoms with van der Waals surface area (Å²) in [6.07, 6.45) is 6.87. The van der Waals surface area contributed by atoms with Crippen LogP contribution >= 0.6 is 0 Å². The van der Waals surface area contributed by atoms with Gasteiger partial charge in [0.1, 0.15) is 0 Å². The van der Waals surface area contributed by atoms with E-state index in [0.29, 0.717) is 5.92 Å². The number of allylic oxidation sites excluding steroid dienone is 1. The van der Waals surface area contributed by atoms with Crippen LogP contribution in [-0.4, -0.2) is 0 Å². The van der Waals surface area contributed by atoms with Crippen LogP contribution in [0, 0.1) is 10.4 Å². The van der Waals surface area contributed by atoms with Crippen molar-refractivity contribution in [2.24, 2.45) is 0 Å². The molecule has 0 saturated carbocycles. The van der Waals surface area contributed by atoms with E-state index in [1.807, 2.05) is 0 Å². The van der Waals surface area contributed by atoms with Gasteiger partial charge in [-0.05, 0) is 49.2 Å². The highest BCUT2D eigenvalue weighted by Crippen LogP contribution is 2.36. The van der Waals surface area contributed by atoms with Crippen LogP contribution in [0.4, 0.5) is 0 Å². The number of hydrogen-bond acceptors (Lipinski definition) is 0. The largest absolute Gasteiger partial charge is 0.0914 e. The summed E-state index contributed by atoms with van der Waals surface area (Å²) in [7, 11) is 0. The van der Waals surface area contributed by atoms with E-state index >= 15 is 0 Å². The number of rotatable bonds is 1. The molecule has 3 aromatic carbocycles. The van der Waals surface area contributed by atoms with Crippen molar-refractivity contribution in [1.82, 2.24) is 0 Å². The fourth-order valence-electron chi connectivity index (χ4n) is 3.96. The van der Waals surface area contributed by atoms with Gasteiger partial charge < -0.3 is 0 Å². The van der Waals surface area contributed by atoms with Crippen molar-refractivity contribution in [3.05, 3.63) is 110 Å². The average Bonchev–Trinajstić information content (AvgIpc) is 3.16. The summed E-state index contributed by atoms with van der Waals surface area (Å²) in [6, 6.07) is 21.7. The summed E-state index contributed by atoms with van der Waals surface area (Å²) in [4.78, 5) is 0. The van der Waals surface area contributed by atoms with Gasteiger partial charge in [-0.2, -0.15) is 0 Å². The zero-order chi connectivity index (χ0) is 15.4. The van der Waals surface area contributed by atoms with Crippen LogP contribution in [0.2, 0.25) is 0 Å². The molecule has 23 heavy (non-hydrogen) atoms. The second kappa shape index (κ2) is 4.57. The van der Waals surface area contributed by atoms with E-state index in [0.717, 1.165) is 5.22 Å². The standard InChI is InChI=1S/C23H16/c1-15-10-12-20-19-9-5-3-7-17(19)14-22(20)23(15)21-13-11-16-6-2-4-8-18(16)21/h2-14,21H,1H2. The van der Waals surface area contributed by atoms with Crippen molar-refractivity contribution in [3.63, 3.8) is 0 Å². The van der Waals surface area contributed by atoms with Crippen LogP contribution < -0.4 is 10.4 Å². The third-order valence-corrected chi connectivity index (χ3v) is 5.04. The lowest BCUT2D eigenvalue weighted by Crippen LogP contribution is -2.13. The SMILES string of the molecule is C=c1ccc2c(c1C1C=Cc3ccccc31)C=c1ccccc1=2. The average molecular weight is 292 g/mol. The molecule has 3 aromatic rings. The Labute approximate surface area is 135 Å². The molecule has 0 amide bonds. The highest BCUT2D eigenvalue weighted by Gasteiger charge is 2.22. The van der Waals surface area contributed by atoms with E-state index in [4.69, 9.17) is 0 Å². The van der Waals surface area contributed by atoms with E-state index < -0.39 is 0 Å². The number of fused-ring (bicyclic) bond motifs is 3. The smallest absolute Gasteiger partial charge is 0.0290 e. The van der Waals surface area contributed by atoms with E-state index in [1.54, 1.807) is 0 Å². The Morgan fingerprint density at radius 2 is 1.61 bits per heavy atom. The lowest BCUT2D eigenvalue weighted by atomic mass is 9.88. The van der Waals surface area contributed by atoms with Gasteiger partial charge in [-0.15, -0.1) is 0 Å². The Morgan fingerprint density at radius 1 is 0.783 bits per heavy atom. The van der Waals surface area contributed by atoms with Crippen LogP contribution in [0.5, 0.6) is 0 Å². The molecule has 1 atom stereocenters. The van der Waals surface area contributed by atoms with Gasteiger partial charge in [-0.3, -0.25) is 0 Å². The maximum Gasteiger partial charge on any atom is 0.0290 e. The summed E-state index contributed by atoms with van der Waals surface area (Å²) in [5.41, 5.74) is 5.39. The molecule has 5 rings (SSSR count). The van der Waals surface area contributed by atoms with E-state index in [-0.39, 0.29) is 0 Å². The van der Waals surface area contributed by atoms with Gasteiger partial charge in [-0.25, -0.2) is 0 Å². The van der Waals surface area contributed by atoms with Crippen molar-refractivity contribution >= 4 is 18.7 Å². The first-order valence-corrected chi connectivity index (χ1v) is 8.03. The Kier molecular flexibility index (Phi) is 2.51. The van der Waals surface area contributed by atoms with E-state index in [9.17, 15) is 0 Å². The zero-order valence-electron chi connectivity index (χ0n) is 12.8. The van der Waals surface area contributed by atoms with Crippen molar-refractivity contribution in [2.75, 3.05) is 0 Å². The predicted octanol–water partition coefficient (Wildman–Crippen LogP) is 3.68. The van der Waals surface area contributed by atoms with Gasteiger partial charge in [0.25, 0.3) is 0 Å². The molecule has 0 radical (unpaired) electrons. The van der Waals surface area contributed by atoms with Gasteiger partial charge in [-0.1, -0.05) is 79.4 Å². The number of hydrogen-bond donors (Lipinski definition) is 0. The summed E-state index contributed by atoms with van der Waals surface area (Å²) in [6.45, 7) is 4.32. The van der Waals surface area contributed by atoms with Gasteiger partial charge in [0, 0.05) is 5.92 Å². The Balaban J connectivity index is 1.87. The molecule has 0 aliphatic heterocycles. The quantitative estimate of drug-likeness (QED) is 0.502. The molecule has 0 saturated heterocycles. The molecule has 1 unspecified atom stereocenters. The van der Waals surface area contributed by atoms with Crippen LogP contribution in [-0.2, 0) is 0 Å². The second-order valence-corrected chi connectivity index (χ2v) is 6.30. The Morgan fingerprint density at radius 3 is 2.57 bits per heavy atom.